The third-order valence-corrected chi connectivity index (χ3v) is 5.77. The van der Waals surface area contributed by atoms with Crippen LogP contribution < -0.4 is 5.32 Å². The van der Waals surface area contributed by atoms with E-state index < -0.39 is 0 Å². The molecule has 0 atom stereocenters. The molecule has 27 heavy (non-hydrogen) atoms. The van der Waals surface area contributed by atoms with Crippen molar-refractivity contribution in [2.24, 2.45) is 0 Å². The number of piperidine rings is 1. The molecule has 1 aliphatic heterocycles. The lowest BCUT2D eigenvalue weighted by atomic mass is 10.0. The minimum atomic E-state index is -0.110. The van der Waals surface area contributed by atoms with E-state index in [1.807, 2.05) is 31.2 Å². The third kappa shape index (κ3) is 4.09. The van der Waals surface area contributed by atoms with E-state index in [2.05, 4.69) is 50.4 Å². The van der Waals surface area contributed by atoms with E-state index >= 15 is 0 Å². The van der Waals surface area contributed by atoms with Gasteiger partial charge in [0.15, 0.2) is 5.76 Å². The smallest absolute Gasteiger partial charge is 0.287 e. The minimum Gasteiger partial charge on any atom is -0.451 e. The van der Waals surface area contributed by atoms with E-state index in [9.17, 15) is 4.79 Å². The van der Waals surface area contributed by atoms with Crippen LogP contribution in [0.2, 0.25) is 0 Å². The number of carbonyl (C=O) groups excluding carboxylic acids is 1. The normalized spacial score (nSPS) is 15.9. The molecular weight excluding hydrogens is 404 g/mol. The van der Waals surface area contributed by atoms with E-state index in [1.54, 1.807) is 0 Å². The molecule has 0 radical (unpaired) electrons. The molecule has 2 heterocycles. The molecule has 1 aliphatic rings. The van der Waals surface area contributed by atoms with Gasteiger partial charge in [-0.1, -0.05) is 46.3 Å². The van der Waals surface area contributed by atoms with Gasteiger partial charge in [0, 0.05) is 41.1 Å². The first-order valence-electron chi connectivity index (χ1n) is 9.36. The lowest BCUT2D eigenvalue weighted by Gasteiger charge is -2.32. The fourth-order valence-corrected chi connectivity index (χ4v) is 4.10. The molecule has 4 nitrogen and oxygen atoms in total. The Hall–Kier alpha value is -2.11. The summed E-state index contributed by atoms with van der Waals surface area (Å²) in [6.07, 6.45) is 1.92. The first-order chi connectivity index (χ1) is 13.1. The van der Waals surface area contributed by atoms with Crippen molar-refractivity contribution in [3.63, 3.8) is 0 Å². The molecule has 1 fully saturated rings. The summed E-state index contributed by atoms with van der Waals surface area (Å²) in [6.45, 7) is 4.90. The number of nitrogens with one attached hydrogen (secondary N) is 1. The average Bonchev–Trinajstić information content (AvgIpc) is 3.00. The first kappa shape index (κ1) is 18.3. The molecule has 0 bridgehead atoms. The van der Waals surface area contributed by atoms with Crippen LogP contribution in [0.25, 0.3) is 11.0 Å². The van der Waals surface area contributed by atoms with Crippen LogP contribution in [0.3, 0.4) is 0 Å². The quantitative estimate of drug-likeness (QED) is 0.645. The Balaban J connectivity index is 1.36. The maximum Gasteiger partial charge on any atom is 0.287 e. The maximum absolute atomic E-state index is 12.7. The van der Waals surface area contributed by atoms with Crippen LogP contribution in [0.5, 0.6) is 0 Å². The second kappa shape index (κ2) is 7.87. The van der Waals surface area contributed by atoms with E-state index in [1.165, 1.54) is 5.56 Å². The van der Waals surface area contributed by atoms with E-state index in [4.69, 9.17) is 4.42 Å². The van der Waals surface area contributed by atoms with Gasteiger partial charge in [-0.2, -0.15) is 0 Å². The SMILES string of the molecule is Cc1c(C(=O)NC2CCN(Cc3ccccc3)CC2)oc2ccc(Br)cc12. The molecule has 3 aromatic rings. The molecule has 1 aromatic heterocycles. The number of hydrogen-bond donors (Lipinski definition) is 1. The standard InChI is InChI=1S/C22H23BrN2O2/c1-15-19-13-17(23)7-8-20(19)27-21(15)22(26)24-18-9-11-25(12-10-18)14-16-5-3-2-4-6-16/h2-8,13,18H,9-12,14H2,1H3,(H,24,26). The molecule has 1 N–H and O–H groups in total. The van der Waals surface area contributed by atoms with Crippen LogP contribution in [-0.4, -0.2) is 29.9 Å². The molecule has 0 aliphatic carbocycles. The van der Waals surface area contributed by atoms with Gasteiger partial charge < -0.3 is 9.73 Å². The number of benzene rings is 2. The largest absolute Gasteiger partial charge is 0.451 e. The van der Waals surface area contributed by atoms with Crippen molar-refractivity contribution in [2.45, 2.75) is 32.4 Å². The number of carbonyl (C=O) groups is 1. The highest BCUT2D eigenvalue weighted by atomic mass is 79.9. The molecule has 1 saturated heterocycles. The molecule has 0 spiro atoms. The van der Waals surface area contributed by atoms with E-state index in [0.717, 1.165) is 53.5 Å². The summed E-state index contributed by atoms with van der Waals surface area (Å²) < 4.78 is 6.80. The highest BCUT2D eigenvalue weighted by molar-refractivity contribution is 9.10. The van der Waals surface area contributed by atoms with Crippen molar-refractivity contribution >= 4 is 32.8 Å². The Labute approximate surface area is 167 Å². The highest BCUT2D eigenvalue weighted by Gasteiger charge is 2.24. The fraction of sp³-hybridized carbons (Fsp3) is 0.318. The van der Waals surface area contributed by atoms with Gasteiger partial charge in [-0.15, -0.1) is 0 Å². The second-order valence-electron chi connectivity index (χ2n) is 7.21. The third-order valence-electron chi connectivity index (χ3n) is 5.28. The van der Waals surface area contributed by atoms with Gasteiger partial charge in [0.25, 0.3) is 5.91 Å². The van der Waals surface area contributed by atoms with Gasteiger partial charge in [-0.3, -0.25) is 9.69 Å². The summed E-state index contributed by atoms with van der Waals surface area (Å²) in [5.41, 5.74) is 2.98. The summed E-state index contributed by atoms with van der Waals surface area (Å²) in [7, 11) is 0. The number of halogens is 1. The molecule has 0 saturated carbocycles. The Bertz CT molecular complexity index is 944. The lowest BCUT2D eigenvalue weighted by Crippen LogP contribution is -2.44. The summed E-state index contributed by atoms with van der Waals surface area (Å²) in [4.78, 5) is 15.2. The summed E-state index contributed by atoms with van der Waals surface area (Å²) in [5.74, 6) is 0.316. The van der Waals surface area contributed by atoms with Crippen LogP contribution in [0.15, 0.2) is 57.4 Å². The predicted molar refractivity (Wildman–Crippen MR) is 111 cm³/mol. The molecular formula is C22H23BrN2O2. The van der Waals surface area contributed by atoms with Crippen molar-refractivity contribution in [1.29, 1.82) is 0 Å². The van der Waals surface area contributed by atoms with Crippen molar-refractivity contribution < 1.29 is 9.21 Å². The highest BCUT2D eigenvalue weighted by Crippen LogP contribution is 2.28. The van der Waals surface area contributed by atoms with Gasteiger partial charge in [0.05, 0.1) is 0 Å². The molecule has 4 rings (SSSR count). The number of nitrogens with zero attached hydrogens (tertiary/aromatic N) is 1. The van der Waals surface area contributed by atoms with E-state index in [-0.39, 0.29) is 11.9 Å². The number of amides is 1. The molecule has 1 amide bonds. The summed E-state index contributed by atoms with van der Waals surface area (Å²) in [6, 6.07) is 16.5. The van der Waals surface area contributed by atoms with Crippen molar-refractivity contribution in [3.8, 4) is 0 Å². The number of hydrogen-bond acceptors (Lipinski definition) is 3. The van der Waals surface area contributed by atoms with Crippen LogP contribution in [0.4, 0.5) is 0 Å². The van der Waals surface area contributed by atoms with Crippen molar-refractivity contribution in [1.82, 2.24) is 10.2 Å². The predicted octanol–water partition coefficient (Wildman–Crippen LogP) is 4.90. The number of rotatable bonds is 4. The molecule has 5 heteroatoms. The molecule has 140 valence electrons. The van der Waals surface area contributed by atoms with Gasteiger partial charge >= 0.3 is 0 Å². The zero-order chi connectivity index (χ0) is 18.8. The Morgan fingerprint density at radius 1 is 1.19 bits per heavy atom. The number of aryl methyl sites for hydroxylation is 1. The Morgan fingerprint density at radius 2 is 1.93 bits per heavy atom. The first-order valence-corrected chi connectivity index (χ1v) is 10.2. The van der Waals surface area contributed by atoms with Gasteiger partial charge in [-0.25, -0.2) is 0 Å². The second-order valence-corrected chi connectivity index (χ2v) is 8.12. The number of fused-ring (bicyclic) bond motifs is 1. The van der Waals surface area contributed by atoms with Crippen LogP contribution in [0, 0.1) is 6.92 Å². The maximum atomic E-state index is 12.7. The van der Waals surface area contributed by atoms with Crippen LogP contribution >= 0.6 is 15.9 Å². The zero-order valence-corrected chi connectivity index (χ0v) is 17.0. The topological polar surface area (TPSA) is 45.5 Å². The number of likely N-dealkylation sites (tertiary alicyclic amines) is 1. The summed E-state index contributed by atoms with van der Waals surface area (Å²) in [5, 5.41) is 4.14. The van der Waals surface area contributed by atoms with Crippen molar-refractivity contribution in [3.05, 3.63) is 69.9 Å². The monoisotopic (exact) mass is 426 g/mol. The summed E-state index contributed by atoms with van der Waals surface area (Å²) >= 11 is 3.47. The number of furan rings is 1. The zero-order valence-electron chi connectivity index (χ0n) is 15.4. The fourth-order valence-electron chi connectivity index (χ4n) is 3.74. The minimum absolute atomic E-state index is 0.110. The van der Waals surface area contributed by atoms with Gasteiger partial charge in [0.1, 0.15) is 5.58 Å². The van der Waals surface area contributed by atoms with Crippen molar-refractivity contribution in [2.75, 3.05) is 13.1 Å². The average molecular weight is 427 g/mol. The van der Waals surface area contributed by atoms with Crippen LogP contribution in [0.1, 0.15) is 34.5 Å². The molecule has 0 unspecified atom stereocenters. The van der Waals surface area contributed by atoms with Crippen LogP contribution in [-0.2, 0) is 6.54 Å². The lowest BCUT2D eigenvalue weighted by molar-refractivity contribution is 0.0882. The van der Waals surface area contributed by atoms with Gasteiger partial charge in [-0.05, 0) is 43.5 Å². The van der Waals surface area contributed by atoms with Gasteiger partial charge in [0.2, 0.25) is 0 Å². The van der Waals surface area contributed by atoms with E-state index in [0.29, 0.717) is 5.76 Å². The Kier molecular flexibility index (Phi) is 5.32. The Morgan fingerprint density at radius 3 is 2.67 bits per heavy atom. The molecule has 2 aromatic carbocycles.